The zero-order valence-electron chi connectivity index (χ0n) is 18.6. The van der Waals surface area contributed by atoms with Gasteiger partial charge < -0.3 is 14.6 Å². The quantitative estimate of drug-likeness (QED) is 0.401. The zero-order valence-corrected chi connectivity index (χ0v) is 20.9. The number of halogens is 2. The maximum Gasteiger partial charge on any atom is 0.208 e. The van der Waals surface area contributed by atoms with Crippen molar-refractivity contribution in [2.45, 2.75) is 24.8 Å². The summed E-state index contributed by atoms with van der Waals surface area (Å²) < 4.78 is 33.0. The van der Waals surface area contributed by atoms with Crippen LogP contribution in [0.1, 0.15) is 24.8 Å². The van der Waals surface area contributed by atoms with Crippen molar-refractivity contribution in [3.63, 3.8) is 0 Å². The Balaban J connectivity index is 1.33. The smallest absolute Gasteiger partial charge is 0.208 e. The first-order valence-corrected chi connectivity index (χ1v) is 13.7. The molecule has 3 aromatic rings. The largest absolute Gasteiger partial charge is 0.489 e. The molecule has 6 rings (SSSR count). The van der Waals surface area contributed by atoms with Crippen molar-refractivity contribution >= 4 is 49.8 Å². The number of nitriles is 1. The molecule has 10 heteroatoms. The lowest BCUT2D eigenvalue weighted by molar-refractivity contribution is -0.110. The molecule has 178 valence electrons. The van der Waals surface area contributed by atoms with Crippen molar-refractivity contribution in [1.29, 1.82) is 5.26 Å². The van der Waals surface area contributed by atoms with Crippen LogP contribution in [0, 0.1) is 16.7 Å². The Morgan fingerprint density at radius 1 is 1.21 bits per heavy atom. The van der Waals surface area contributed by atoms with Crippen molar-refractivity contribution < 1.29 is 13.2 Å². The fourth-order valence-corrected chi connectivity index (χ4v) is 6.36. The average molecular weight is 519 g/mol. The number of anilines is 1. The number of nitrogens with one attached hydrogen (secondary N) is 2. The molecule has 34 heavy (non-hydrogen) atoms. The van der Waals surface area contributed by atoms with Crippen LogP contribution in [0.15, 0.2) is 42.6 Å². The van der Waals surface area contributed by atoms with E-state index >= 15 is 0 Å². The van der Waals surface area contributed by atoms with E-state index in [1.165, 1.54) is 6.26 Å². The van der Waals surface area contributed by atoms with Gasteiger partial charge in [0.05, 0.1) is 28.2 Å². The summed E-state index contributed by atoms with van der Waals surface area (Å²) in [7, 11) is -3.16. The Kier molecular flexibility index (Phi) is 5.72. The number of fused-ring (bicyclic) bond motifs is 1. The molecule has 2 bridgehead atoms. The molecule has 1 aromatic heterocycles. The maximum atomic E-state index is 11.4. The molecule has 3 fully saturated rings. The summed E-state index contributed by atoms with van der Waals surface area (Å²) in [6.07, 6.45) is 6.06. The van der Waals surface area contributed by atoms with Crippen LogP contribution in [-0.4, -0.2) is 43.8 Å². The van der Waals surface area contributed by atoms with E-state index in [-0.39, 0.29) is 17.6 Å². The third kappa shape index (κ3) is 4.22. The molecule has 0 spiro atoms. The average Bonchev–Trinajstić information content (AvgIpc) is 3.15. The highest BCUT2D eigenvalue weighted by Gasteiger charge is 2.67. The van der Waals surface area contributed by atoms with Gasteiger partial charge in [0.15, 0.2) is 5.75 Å². The number of nitrogens with zero attached hydrogens (tertiary/aromatic N) is 2. The van der Waals surface area contributed by atoms with Crippen molar-refractivity contribution in [1.82, 2.24) is 9.29 Å². The monoisotopic (exact) mass is 518 g/mol. The van der Waals surface area contributed by atoms with Crippen LogP contribution in [0.2, 0.25) is 5.02 Å². The summed E-state index contributed by atoms with van der Waals surface area (Å²) in [4.78, 5) is 0. The zero-order chi connectivity index (χ0) is 24.1. The van der Waals surface area contributed by atoms with Gasteiger partial charge in [-0.15, -0.1) is 11.6 Å². The Labute approximate surface area is 208 Å². The molecule has 2 N–H and O–H groups in total. The second kappa shape index (κ2) is 8.35. The van der Waals surface area contributed by atoms with Crippen LogP contribution >= 0.6 is 23.2 Å². The van der Waals surface area contributed by atoms with E-state index in [0.29, 0.717) is 28.8 Å². The molecule has 0 radical (unpaired) electrons. The summed E-state index contributed by atoms with van der Waals surface area (Å²) in [5.41, 5.74) is 3.32. The molecule has 0 atom stereocenters. The minimum atomic E-state index is -3.16. The number of aromatic nitrogens is 1. The van der Waals surface area contributed by atoms with E-state index in [2.05, 4.69) is 22.2 Å². The molecule has 2 aromatic carbocycles. The van der Waals surface area contributed by atoms with E-state index in [1.807, 2.05) is 29.0 Å². The van der Waals surface area contributed by atoms with Gasteiger partial charge in [0.25, 0.3) is 0 Å². The second-order valence-electron chi connectivity index (χ2n) is 9.44. The first-order chi connectivity index (χ1) is 16.1. The Hall–Kier alpha value is -2.44. The number of hydrogen-bond donors (Lipinski definition) is 2. The first kappa shape index (κ1) is 23.3. The van der Waals surface area contributed by atoms with Crippen LogP contribution < -0.4 is 14.8 Å². The highest BCUT2D eigenvalue weighted by Crippen LogP contribution is 2.68. The third-order valence-corrected chi connectivity index (χ3v) is 7.80. The van der Waals surface area contributed by atoms with Crippen LogP contribution in [0.25, 0.3) is 16.6 Å². The fraction of sp³-hybridized carbons (Fsp3) is 0.375. The minimum Gasteiger partial charge on any atom is -0.489 e. The van der Waals surface area contributed by atoms with E-state index < -0.39 is 10.0 Å². The number of rotatable bonds is 9. The minimum absolute atomic E-state index is 0.0590. The molecule has 1 heterocycles. The van der Waals surface area contributed by atoms with Gasteiger partial charge in [-0.25, -0.2) is 13.1 Å². The third-order valence-electron chi connectivity index (χ3n) is 6.70. The lowest BCUT2D eigenvalue weighted by Gasteiger charge is -2.71. The Bertz CT molecular complexity index is 1410. The first-order valence-electron chi connectivity index (χ1n) is 10.9. The highest BCUT2D eigenvalue weighted by atomic mass is 35.5. The number of ether oxygens (including phenoxy) is 1. The van der Waals surface area contributed by atoms with Crippen LogP contribution in [0.5, 0.6) is 5.75 Å². The van der Waals surface area contributed by atoms with Gasteiger partial charge in [-0.2, -0.15) is 5.26 Å². The number of alkyl halides is 1. The normalized spacial score (nSPS) is 23.1. The second-order valence-corrected chi connectivity index (χ2v) is 12.1. The molecule has 0 saturated heterocycles. The number of hydrogen-bond acceptors (Lipinski definition) is 5. The van der Waals surface area contributed by atoms with Crippen LogP contribution in [0.3, 0.4) is 0 Å². The summed E-state index contributed by atoms with van der Waals surface area (Å²) in [5.74, 6) is 0.654. The van der Waals surface area contributed by atoms with Crippen molar-refractivity contribution in [3.05, 3.63) is 53.2 Å². The van der Waals surface area contributed by atoms with Gasteiger partial charge in [0.1, 0.15) is 12.7 Å². The maximum absolute atomic E-state index is 11.4. The molecular formula is C24H24Cl2N4O3S. The molecule has 0 unspecified atom stereocenters. The lowest BCUT2D eigenvalue weighted by atomic mass is 9.39. The van der Waals surface area contributed by atoms with E-state index in [9.17, 15) is 13.7 Å². The van der Waals surface area contributed by atoms with Gasteiger partial charge in [0.2, 0.25) is 10.0 Å². The van der Waals surface area contributed by atoms with Gasteiger partial charge >= 0.3 is 0 Å². The van der Waals surface area contributed by atoms with Crippen molar-refractivity contribution in [2.75, 3.05) is 30.6 Å². The summed E-state index contributed by atoms with van der Waals surface area (Å²) in [6.45, 7) is 0.786. The number of sulfonamides is 1. The molecule has 3 saturated carbocycles. The van der Waals surface area contributed by atoms with E-state index in [4.69, 9.17) is 27.9 Å². The standard InChI is InChI=1S/C24H24Cl2N4O3S/c1-34(31,32)28-15-23-12-24(13-23,14-23)29-18-2-3-21-16(8-18)4-6-30(21)19-9-17(11-27)22(20(26)10-19)33-7-5-25/h2-4,6,8-10,28-29H,5,7,12-15H2,1H3. The van der Waals surface area contributed by atoms with Crippen LogP contribution in [0.4, 0.5) is 5.69 Å². The molecule has 7 nitrogen and oxygen atoms in total. The van der Waals surface area contributed by atoms with E-state index in [1.54, 1.807) is 12.1 Å². The van der Waals surface area contributed by atoms with Gasteiger partial charge in [0, 0.05) is 35.0 Å². The van der Waals surface area contributed by atoms with Gasteiger partial charge in [-0.05, 0) is 61.1 Å². The van der Waals surface area contributed by atoms with E-state index in [0.717, 1.165) is 41.5 Å². The predicted molar refractivity (Wildman–Crippen MR) is 135 cm³/mol. The molecule has 3 aliphatic carbocycles. The Morgan fingerprint density at radius 3 is 2.65 bits per heavy atom. The summed E-state index contributed by atoms with van der Waals surface area (Å²) in [6, 6.07) is 13.9. The topological polar surface area (TPSA) is 96.2 Å². The lowest BCUT2D eigenvalue weighted by Crippen LogP contribution is -2.73. The van der Waals surface area contributed by atoms with Crippen molar-refractivity contribution in [3.8, 4) is 17.5 Å². The molecule has 0 aliphatic heterocycles. The van der Waals surface area contributed by atoms with Gasteiger partial charge in [-0.3, -0.25) is 0 Å². The SMILES string of the molecule is CS(=O)(=O)NCC12CC(Nc3ccc4c(ccn4-c4cc(Cl)c(OCCCl)c(C#N)c4)c3)(C1)C2. The Morgan fingerprint density at radius 2 is 1.97 bits per heavy atom. The fourth-order valence-electron chi connectivity index (χ4n) is 5.44. The highest BCUT2D eigenvalue weighted by molar-refractivity contribution is 7.88. The van der Waals surface area contributed by atoms with Crippen molar-refractivity contribution in [2.24, 2.45) is 5.41 Å². The molecule has 0 amide bonds. The predicted octanol–water partition coefficient (Wildman–Crippen LogP) is 4.66. The molecule has 3 aliphatic rings. The molecular weight excluding hydrogens is 495 g/mol. The van der Waals surface area contributed by atoms with Gasteiger partial charge in [-0.1, -0.05) is 11.6 Å². The van der Waals surface area contributed by atoms with Crippen LogP contribution in [-0.2, 0) is 10.0 Å². The number of benzene rings is 2. The summed E-state index contributed by atoms with van der Waals surface area (Å²) >= 11 is 12.1. The summed E-state index contributed by atoms with van der Waals surface area (Å²) in [5, 5.41) is 14.7.